The molecule has 0 saturated heterocycles. The molecule has 81 valence electrons. The fourth-order valence-electron chi connectivity index (χ4n) is 1.37. The first kappa shape index (κ1) is 11.4. The van der Waals surface area contributed by atoms with Gasteiger partial charge >= 0.3 is 0 Å². The molecule has 2 aromatic rings. The van der Waals surface area contributed by atoms with Gasteiger partial charge in [0.25, 0.3) is 0 Å². The zero-order valence-corrected chi connectivity index (χ0v) is 9.41. The van der Waals surface area contributed by atoms with Crippen LogP contribution in [0.4, 0.5) is 8.78 Å². The van der Waals surface area contributed by atoms with Crippen molar-refractivity contribution in [2.24, 2.45) is 0 Å². The van der Waals surface area contributed by atoms with E-state index in [1.54, 1.807) is 0 Å². The van der Waals surface area contributed by atoms with Gasteiger partial charge in [0.2, 0.25) is 0 Å². The van der Waals surface area contributed by atoms with E-state index in [-0.39, 0.29) is 21.2 Å². The van der Waals surface area contributed by atoms with Crippen LogP contribution in [0.1, 0.15) is 0 Å². The van der Waals surface area contributed by atoms with Gasteiger partial charge < -0.3 is 0 Å². The van der Waals surface area contributed by atoms with E-state index in [1.165, 1.54) is 24.3 Å². The van der Waals surface area contributed by atoms with Crippen LogP contribution in [0.2, 0.25) is 10.0 Å². The molecule has 0 N–H and O–H groups in total. The molecule has 0 fully saturated rings. The molecule has 16 heavy (non-hydrogen) atoms. The normalized spacial score (nSPS) is 10.5. The maximum atomic E-state index is 13.6. The number of halogens is 4. The van der Waals surface area contributed by atoms with Gasteiger partial charge in [-0.2, -0.15) is 0 Å². The smallest absolute Gasteiger partial charge is 0.150 e. The van der Waals surface area contributed by atoms with Crippen LogP contribution < -0.4 is 0 Å². The summed E-state index contributed by atoms with van der Waals surface area (Å²) in [6, 6.07) is 9.36. The van der Waals surface area contributed by atoms with E-state index in [1.807, 2.05) is 0 Å². The Hall–Kier alpha value is -1.12. The maximum Gasteiger partial charge on any atom is 0.150 e. The average Bonchev–Trinajstić information content (AvgIpc) is 2.23. The lowest BCUT2D eigenvalue weighted by Crippen LogP contribution is -1.89. The van der Waals surface area contributed by atoms with Gasteiger partial charge in [0.15, 0.2) is 0 Å². The Bertz CT molecular complexity index is 539. The van der Waals surface area contributed by atoms with Gasteiger partial charge in [0.1, 0.15) is 11.6 Å². The minimum atomic E-state index is -0.689. The van der Waals surface area contributed by atoms with Crippen LogP contribution in [0.25, 0.3) is 11.1 Å². The highest BCUT2D eigenvalue weighted by Crippen LogP contribution is 2.30. The molecule has 0 bridgehead atoms. The van der Waals surface area contributed by atoms with E-state index >= 15 is 0 Å². The van der Waals surface area contributed by atoms with E-state index in [4.69, 9.17) is 23.2 Å². The zero-order valence-electron chi connectivity index (χ0n) is 7.90. The lowest BCUT2D eigenvalue weighted by atomic mass is 10.0. The van der Waals surface area contributed by atoms with Crippen LogP contribution >= 0.6 is 23.2 Å². The third-order valence-electron chi connectivity index (χ3n) is 2.11. The molecular formula is C12H5Cl2F2. The van der Waals surface area contributed by atoms with Gasteiger partial charge in [0, 0.05) is 22.2 Å². The highest BCUT2D eigenvalue weighted by molar-refractivity contribution is 6.31. The van der Waals surface area contributed by atoms with Crippen molar-refractivity contribution < 1.29 is 8.78 Å². The van der Waals surface area contributed by atoms with Crippen molar-refractivity contribution in [2.75, 3.05) is 0 Å². The number of hydrogen-bond acceptors (Lipinski definition) is 0. The van der Waals surface area contributed by atoms with Crippen LogP contribution in [-0.4, -0.2) is 0 Å². The van der Waals surface area contributed by atoms with Crippen molar-refractivity contribution in [1.82, 2.24) is 0 Å². The number of hydrogen-bond donors (Lipinski definition) is 0. The Morgan fingerprint density at radius 1 is 1.00 bits per heavy atom. The molecule has 0 spiro atoms. The van der Waals surface area contributed by atoms with E-state index in [9.17, 15) is 8.78 Å². The van der Waals surface area contributed by atoms with Gasteiger partial charge in [-0.05, 0) is 18.2 Å². The van der Waals surface area contributed by atoms with Crippen LogP contribution in [-0.2, 0) is 0 Å². The van der Waals surface area contributed by atoms with Gasteiger partial charge in [-0.1, -0.05) is 35.3 Å². The zero-order chi connectivity index (χ0) is 11.7. The first-order valence-electron chi connectivity index (χ1n) is 4.40. The quantitative estimate of drug-likeness (QED) is 0.693. The van der Waals surface area contributed by atoms with Crippen molar-refractivity contribution in [2.45, 2.75) is 0 Å². The van der Waals surface area contributed by atoms with Gasteiger partial charge in [-0.25, -0.2) is 8.78 Å². The first-order chi connectivity index (χ1) is 7.59. The molecule has 0 saturated carbocycles. The van der Waals surface area contributed by atoms with Crippen LogP contribution in [0, 0.1) is 17.7 Å². The van der Waals surface area contributed by atoms with Crippen LogP contribution in [0.5, 0.6) is 0 Å². The molecular weight excluding hydrogens is 253 g/mol. The van der Waals surface area contributed by atoms with Crippen LogP contribution in [0.3, 0.4) is 0 Å². The number of rotatable bonds is 1. The van der Waals surface area contributed by atoms with E-state index in [0.717, 1.165) is 6.07 Å². The summed E-state index contributed by atoms with van der Waals surface area (Å²) < 4.78 is 27.1. The third-order valence-corrected chi connectivity index (χ3v) is 2.62. The molecule has 2 aromatic carbocycles. The van der Waals surface area contributed by atoms with E-state index in [0.29, 0.717) is 0 Å². The SMILES string of the molecule is Fc1cc(Cl)ccc1-c1cc[c]c(Cl)c1F. The van der Waals surface area contributed by atoms with Crippen molar-refractivity contribution >= 4 is 23.2 Å². The summed E-state index contributed by atoms with van der Waals surface area (Å²) in [5.74, 6) is -1.28. The lowest BCUT2D eigenvalue weighted by Gasteiger charge is -2.06. The Kier molecular flexibility index (Phi) is 3.13. The molecule has 0 aliphatic carbocycles. The molecule has 0 amide bonds. The van der Waals surface area contributed by atoms with Crippen molar-refractivity contribution in [3.8, 4) is 11.1 Å². The van der Waals surface area contributed by atoms with Gasteiger partial charge in [0.05, 0.1) is 5.02 Å². The summed E-state index contributed by atoms with van der Waals surface area (Å²) in [4.78, 5) is 0. The summed E-state index contributed by atoms with van der Waals surface area (Å²) >= 11 is 11.2. The Morgan fingerprint density at radius 3 is 2.44 bits per heavy atom. The summed E-state index contributed by atoms with van der Waals surface area (Å²) in [6.45, 7) is 0. The molecule has 0 heterocycles. The molecule has 0 nitrogen and oxygen atoms in total. The summed E-state index contributed by atoms with van der Waals surface area (Å²) in [7, 11) is 0. The molecule has 0 atom stereocenters. The molecule has 4 heteroatoms. The highest BCUT2D eigenvalue weighted by atomic mass is 35.5. The summed E-state index contributed by atoms with van der Waals surface area (Å²) in [5.41, 5.74) is 0.218. The first-order valence-corrected chi connectivity index (χ1v) is 5.16. The largest absolute Gasteiger partial charge is 0.206 e. The standard InChI is InChI=1S/C12H5Cl2F2/c13-7-4-5-8(11(15)6-7)9-2-1-3-10(14)12(9)16/h1-2,4-6H. The predicted octanol–water partition coefficient (Wildman–Crippen LogP) is 4.74. The number of benzene rings is 2. The van der Waals surface area contributed by atoms with Gasteiger partial charge in [-0.3, -0.25) is 0 Å². The topological polar surface area (TPSA) is 0 Å². The summed E-state index contributed by atoms with van der Waals surface area (Å²) in [6.07, 6.45) is 0. The Labute approximate surface area is 101 Å². The van der Waals surface area contributed by atoms with E-state index < -0.39 is 11.6 Å². The lowest BCUT2D eigenvalue weighted by molar-refractivity contribution is 0.616. The second kappa shape index (κ2) is 4.40. The van der Waals surface area contributed by atoms with Crippen molar-refractivity contribution in [3.63, 3.8) is 0 Å². The molecule has 1 radical (unpaired) electrons. The predicted molar refractivity (Wildman–Crippen MR) is 60.7 cm³/mol. The third kappa shape index (κ3) is 2.04. The minimum absolute atomic E-state index is 0.0953. The average molecular weight is 258 g/mol. The van der Waals surface area contributed by atoms with Crippen molar-refractivity contribution in [3.05, 3.63) is 58.1 Å². The fourth-order valence-corrected chi connectivity index (χ4v) is 1.69. The molecule has 0 aliphatic rings. The van der Waals surface area contributed by atoms with Crippen molar-refractivity contribution in [1.29, 1.82) is 0 Å². The molecule has 0 aromatic heterocycles. The minimum Gasteiger partial charge on any atom is -0.206 e. The Morgan fingerprint density at radius 2 is 1.75 bits per heavy atom. The highest BCUT2D eigenvalue weighted by Gasteiger charge is 2.12. The fraction of sp³-hybridized carbons (Fsp3) is 0. The Balaban J connectivity index is 2.63. The van der Waals surface area contributed by atoms with Gasteiger partial charge in [-0.15, -0.1) is 0 Å². The summed E-state index contributed by atoms with van der Waals surface area (Å²) in [5, 5.41) is 0.0992. The monoisotopic (exact) mass is 257 g/mol. The van der Waals surface area contributed by atoms with E-state index in [2.05, 4.69) is 6.07 Å². The molecule has 2 rings (SSSR count). The molecule has 0 unspecified atom stereocenters. The second-order valence-electron chi connectivity index (χ2n) is 3.14. The second-order valence-corrected chi connectivity index (χ2v) is 3.96. The maximum absolute atomic E-state index is 13.6. The van der Waals surface area contributed by atoms with Crippen LogP contribution in [0.15, 0.2) is 30.3 Å². The molecule has 0 aliphatic heterocycles.